The van der Waals surface area contributed by atoms with Crippen LogP contribution >= 0.6 is 0 Å². The molecule has 0 unspecified atom stereocenters. The van der Waals surface area contributed by atoms with Gasteiger partial charge in [0.1, 0.15) is 107 Å². The van der Waals surface area contributed by atoms with Crippen molar-refractivity contribution in [3.8, 4) is 28.6 Å². The molecule has 3 aliphatic rings. The molecule has 3 fully saturated rings. The van der Waals surface area contributed by atoms with Gasteiger partial charge in [-0.25, -0.2) is 0 Å². The Morgan fingerprint density at radius 2 is 1.31 bits per heavy atom. The lowest BCUT2D eigenvalue weighted by atomic mass is 9.89. The van der Waals surface area contributed by atoms with Crippen LogP contribution in [0, 0.1) is 0 Å². The molecule has 3 aromatic rings. The molecular formula is C33H40O19. The van der Waals surface area contributed by atoms with Gasteiger partial charge in [-0.15, -0.1) is 0 Å². The van der Waals surface area contributed by atoms with E-state index >= 15 is 0 Å². The zero-order valence-corrected chi connectivity index (χ0v) is 27.3. The minimum Gasteiger partial charge on any atom is -0.508 e. The van der Waals surface area contributed by atoms with Gasteiger partial charge in [-0.05, 0) is 31.2 Å². The summed E-state index contributed by atoms with van der Waals surface area (Å²) in [5, 5.41) is 125. The van der Waals surface area contributed by atoms with Gasteiger partial charge in [0.15, 0.2) is 11.7 Å². The molecule has 12 N–H and O–H groups in total. The van der Waals surface area contributed by atoms with Gasteiger partial charge in [-0.2, -0.15) is 0 Å². The van der Waals surface area contributed by atoms with Gasteiger partial charge >= 0.3 is 0 Å². The van der Waals surface area contributed by atoms with Gasteiger partial charge in [0, 0.05) is 17.7 Å². The summed E-state index contributed by atoms with van der Waals surface area (Å²) in [6.07, 6.45) is -25.6. The number of hydrogen-bond donors (Lipinski definition) is 12. The molecule has 2 aromatic carbocycles. The third-order valence-corrected chi connectivity index (χ3v) is 9.47. The van der Waals surface area contributed by atoms with E-state index in [2.05, 4.69) is 0 Å². The average molecular weight is 741 g/mol. The van der Waals surface area contributed by atoms with Gasteiger partial charge < -0.3 is 89.4 Å². The molecule has 0 bridgehead atoms. The van der Waals surface area contributed by atoms with Crippen molar-refractivity contribution in [2.24, 2.45) is 0 Å². The summed E-state index contributed by atoms with van der Waals surface area (Å²) < 4.78 is 34.1. The first-order valence-corrected chi connectivity index (χ1v) is 16.2. The molecule has 0 radical (unpaired) electrons. The van der Waals surface area contributed by atoms with Crippen LogP contribution in [-0.4, -0.2) is 160 Å². The maximum atomic E-state index is 13.4. The fraction of sp³-hybridized carbons (Fsp3) is 0.545. The van der Waals surface area contributed by atoms with Crippen molar-refractivity contribution in [1.82, 2.24) is 0 Å². The second-order valence-electron chi connectivity index (χ2n) is 12.9. The number of fused-ring (bicyclic) bond motifs is 1. The number of ether oxygens (including phenoxy) is 5. The second kappa shape index (κ2) is 15.1. The van der Waals surface area contributed by atoms with Gasteiger partial charge in [0.05, 0.1) is 24.9 Å². The Morgan fingerprint density at radius 3 is 1.98 bits per heavy atom. The lowest BCUT2D eigenvalue weighted by Gasteiger charge is -2.43. The van der Waals surface area contributed by atoms with Crippen LogP contribution in [0.1, 0.15) is 18.6 Å². The number of phenolic OH excluding ortho intramolecular Hbond substituents is 2. The van der Waals surface area contributed by atoms with Gasteiger partial charge in [0.25, 0.3) is 0 Å². The summed E-state index contributed by atoms with van der Waals surface area (Å²) in [6, 6.07) is 7.65. The van der Waals surface area contributed by atoms with E-state index in [0.717, 1.165) is 12.1 Å². The Balaban J connectivity index is 1.38. The lowest BCUT2D eigenvalue weighted by Crippen LogP contribution is -2.61. The highest BCUT2D eigenvalue weighted by Crippen LogP contribution is 2.46. The molecule has 0 spiro atoms. The van der Waals surface area contributed by atoms with E-state index in [1.54, 1.807) is 0 Å². The van der Waals surface area contributed by atoms with E-state index in [0.29, 0.717) is 5.56 Å². The number of rotatable bonds is 8. The number of aliphatic hydroxyl groups is 10. The maximum absolute atomic E-state index is 13.4. The van der Waals surface area contributed by atoms with Crippen LogP contribution in [0.4, 0.5) is 0 Å². The van der Waals surface area contributed by atoms with E-state index in [1.165, 1.54) is 31.2 Å². The van der Waals surface area contributed by atoms with Crippen LogP contribution in [0.2, 0.25) is 0 Å². The average Bonchev–Trinajstić information content (AvgIpc) is 3.12. The van der Waals surface area contributed by atoms with Crippen molar-refractivity contribution in [2.45, 2.75) is 98.9 Å². The summed E-state index contributed by atoms with van der Waals surface area (Å²) >= 11 is 0. The molecule has 1 aromatic heterocycles. The van der Waals surface area contributed by atoms with E-state index in [9.17, 15) is 66.1 Å². The Bertz CT molecular complexity index is 1760. The first-order valence-electron chi connectivity index (χ1n) is 16.2. The van der Waals surface area contributed by atoms with Crippen molar-refractivity contribution in [1.29, 1.82) is 0 Å². The van der Waals surface area contributed by atoms with E-state index in [-0.39, 0.29) is 17.1 Å². The zero-order valence-electron chi connectivity index (χ0n) is 27.3. The normalized spacial score (nSPS) is 38.3. The van der Waals surface area contributed by atoms with Gasteiger partial charge in [0.2, 0.25) is 6.29 Å². The largest absolute Gasteiger partial charge is 0.508 e. The smallest absolute Gasteiger partial charge is 0.229 e. The van der Waals surface area contributed by atoms with Crippen LogP contribution < -0.4 is 10.2 Å². The Labute approximate surface area is 293 Å². The first kappa shape index (κ1) is 38.2. The highest BCUT2D eigenvalue weighted by atomic mass is 16.7. The number of phenols is 2. The van der Waals surface area contributed by atoms with Crippen LogP contribution in [0.15, 0.2) is 45.6 Å². The standard InChI is InChI=1S/C33H40O19/c1-10-21(37)25(41)29(45)32(48-10)47-9-18-23(39)27(43)30(46)33(52-18)51-16-7-15-19(13(36)6-14(49-15)11-2-4-12(35)5-3-11)24(40)20(16)31-28(44)26(42)22(38)17(8-34)50-31/h2-7,10,17-18,21-23,25-35,37-46H,8-9H2,1H3/t10-,17+,18+,21-,22+,23-,25+,26-,27-,28+,29+,30+,31-,32+,33+/m0/s1. The van der Waals surface area contributed by atoms with Crippen LogP contribution in [0.3, 0.4) is 0 Å². The molecule has 286 valence electrons. The quantitative estimate of drug-likeness (QED) is 0.106. The maximum Gasteiger partial charge on any atom is 0.229 e. The second-order valence-corrected chi connectivity index (χ2v) is 12.9. The Hall–Kier alpha value is -3.51. The van der Waals surface area contributed by atoms with Crippen molar-refractivity contribution in [3.05, 3.63) is 52.2 Å². The number of aromatic hydroxyl groups is 2. The van der Waals surface area contributed by atoms with Gasteiger partial charge in [-0.1, -0.05) is 0 Å². The van der Waals surface area contributed by atoms with E-state index in [4.69, 9.17) is 28.1 Å². The van der Waals surface area contributed by atoms with Crippen LogP contribution in [0.5, 0.6) is 17.2 Å². The highest BCUT2D eigenvalue weighted by molar-refractivity contribution is 5.88. The van der Waals surface area contributed by atoms with Crippen LogP contribution in [0.25, 0.3) is 22.3 Å². The predicted molar refractivity (Wildman–Crippen MR) is 170 cm³/mol. The molecule has 0 aliphatic carbocycles. The summed E-state index contributed by atoms with van der Waals surface area (Å²) in [7, 11) is 0. The van der Waals surface area contributed by atoms with Crippen molar-refractivity contribution >= 4 is 11.0 Å². The number of aliphatic hydroxyl groups excluding tert-OH is 10. The van der Waals surface area contributed by atoms with Crippen molar-refractivity contribution < 1.29 is 89.4 Å². The molecule has 3 saturated heterocycles. The lowest BCUT2D eigenvalue weighted by molar-refractivity contribution is -0.318. The third kappa shape index (κ3) is 6.97. The fourth-order valence-electron chi connectivity index (χ4n) is 6.39. The van der Waals surface area contributed by atoms with Crippen molar-refractivity contribution in [2.75, 3.05) is 13.2 Å². The molecule has 0 amide bonds. The van der Waals surface area contributed by atoms with Crippen molar-refractivity contribution in [3.63, 3.8) is 0 Å². The topological polar surface area (TPSA) is 319 Å². The molecular weight excluding hydrogens is 700 g/mol. The molecule has 3 aliphatic heterocycles. The minimum absolute atomic E-state index is 0.0211. The SMILES string of the molecule is C[C@@H]1O[C@@H](OC[C@H]2O[C@@H](Oc3cc4oc(-c5ccc(O)cc5)cc(=O)c4c(O)c3[C@@H]3O[C@H](CO)[C@@H](O)[C@H](O)[C@H]3O)[C@H](O)[C@@H](O)[C@H]2O)[C@H](O)[C@H](O)[C@H]1O. The molecule has 4 heterocycles. The zero-order chi connectivity index (χ0) is 37.8. The molecule has 0 saturated carbocycles. The fourth-order valence-corrected chi connectivity index (χ4v) is 6.39. The Morgan fingerprint density at radius 1 is 0.692 bits per heavy atom. The summed E-state index contributed by atoms with van der Waals surface area (Å²) in [4.78, 5) is 13.4. The highest BCUT2D eigenvalue weighted by Gasteiger charge is 2.50. The summed E-state index contributed by atoms with van der Waals surface area (Å²) in [5.41, 5.74) is -1.31. The molecule has 19 heteroatoms. The monoisotopic (exact) mass is 740 g/mol. The summed E-state index contributed by atoms with van der Waals surface area (Å²) in [5.74, 6) is -1.51. The molecule has 15 atom stereocenters. The minimum atomic E-state index is -2.02. The first-order chi connectivity index (χ1) is 24.6. The Kier molecular flexibility index (Phi) is 11.1. The molecule has 19 nitrogen and oxygen atoms in total. The third-order valence-electron chi connectivity index (χ3n) is 9.47. The van der Waals surface area contributed by atoms with Crippen LogP contribution in [-0.2, 0) is 18.9 Å². The van der Waals surface area contributed by atoms with E-state index in [1.807, 2.05) is 0 Å². The predicted octanol–water partition coefficient (Wildman–Crippen LogP) is -3.58. The summed E-state index contributed by atoms with van der Waals surface area (Å²) in [6.45, 7) is -0.0855. The van der Waals surface area contributed by atoms with Gasteiger partial charge in [-0.3, -0.25) is 4.79 Å². The molecule has 6 rings (SSSR count). The van der Waals surface area contributed by atoms with E-state index < -0.39 is 133 Å². The molecule has 52 heavy (non-hydrogen) atoms. The number of hydrogen-bond acceptors (Lipinski definition) is 19. The number of benzene rings is 2.